The van der Waals surface area contributed by atoms with Crippen molar-refractivity contribution < 1.29 is 9.84 Å². The van der Waals surface area contributed by atoms with Gasteiger partial charge in [-0.15, -0.1) is 0 Å². The third-order valence-corrected chi connectivity index (χ3v) is 6.38. The number of aliphatic hydroxyl groups is 1. The number of hydrogen-bond donors (Lipinski definition) is 2. The molecule has 0 aliphatic carbocycles. The highest BCUT2D eigenvalue weighted by Gasteiger charge is 2.13. The number of hydrogen-bond acceptors (Lipinski definition) is 4. The lowest BCUT2D eigenvalue weighted by atomic mass is 10.1. The molecule has 0 bridgehead atoms. The van der Waals surface area contributed by atoms with Gasteiger partial charge in [-0.1, -0.05) is 48.5 Å². The Balaban J connectivity index is 1.26. The Hall–Kier alpha value is -3.35. The minimum absolute atomic E-state index is 0.0851. The predicted molar refractivity (Wildman–Crippen MR) is 136 cm³/mol. The van der Waals surface area contributed by atoms with Crippen LogP contribution in [-0.4, -0.2) is 26.9 Å². The van der Waals surface area contributed by atoms with Crippen LogP contribution in [-0.2, 0) is 27.1 Å². The molecule has 0 radical (unpaired) electrons. The number of ether oxygens (including phenoxy) is 1. The van der Waals surface area contributed by atoms with E-state index in [4.69, 9.17) is 4.74 Å². The number of benzene rings is 3. The van der Waals surface area contributed by atoms with Crippen molar-refractivity contribution in [1.82, 2.24) is 14.5 Å². The highest BCUT2D eigenvalue weighted by Crippen LogP contribution is 2.21. The van der Waals surface area contributed by atoms with Gasteiger partial charge >= 0.3 is 5.69 Å². The molecule has 0 saturated carbocycles. The second-order valence-electron chi connectivity index (χ2n) is 8.93. The molecule has 0 spiro atoms. The highest BCUT2D eigenvalue weighted by molar-refractivity contribution is 5.77. The molecule has 4 aromatic rings. The topological polar surface area (TPSA) is 68.4 Å². The molecule has 2 atom stereocenters. The number of fused-ring (bicyclic) bond motifs is 1. The molecule has 0 unspecified atom stereocenters. The van der Waals surface area contributed by atoms with E-state index in [1.165, 1.54) is 11.1 Å². The Labute approximate surface area is 200 Å². The van der Waals surface area contributed by atoms with Gasteiger partial charge in [0.1, 0.15) is 18.5 Å². The van der Waals surface area contributed by atoms with E-state index in [0.29, 0.717) is 11.8 Å². The molecule has 6 nitrogen and oxygen atoms in total. The van der Waals surface area contributed by atoms with Crippen LogP contribution in [0.25, 0.3) is 11.0 Å². The number of nitrogens with one attached hydrogen (secondary N) is 1. The largest absolute Gasteiger partial charge is 0.491 e. The van der Waals surface area contributed by atoms with Crippen LogP contribution in [0.1, 0.15) is 36.1 Å². The summed E-state index contributed by atoms with van der Waals surface area (Å²) in [6, 6.07) is 24.5. The van der Waals surface area contributed by atoms with Gasteiger partial charge in [0.25, 0.3) is 0 Å². The number of rotatable bonds is 10. The van der Waals surface area contributed by atoms with Crippen LogP contribution in [0, 0.1) is 0 Å². The second kappa shape index (κ2) is 10.7. The summed E-state index contributed by atoms with van der Waals surface area (Å²) < 4.78 is 9.00. The van der Waals surface area contributed by atoms with Crippen LogP contribution < -0.4 is 15.7 Å². The van der Waals surface area contributed by atoms with Gasteiger partial charge in [-0.2, -0.15) is 0 Å². The molecule has 1 aromatic heterocycles. The average Bonchev–Trinajstić information content (AvgIpc) is 3.09. The van der Waals surface area contributed by atoms with Crippen LogP contribution in [0.4, 0.5) is 0 Å². The molecule has 4 rings (SSSR count). The monoisotopic (exact) mass is 459 g/mol. The first kappa shape index (κ1) is 23.8. The lowest BCUT2D eigenvalue weighted by molar-refractivity contribution is 0.108. The van der Waals surface area contributed by atoms with Gasteiger partial charge in [0.15, 0.2) is 0 Å². The van der Waals surface area contributed by atoms with Gasteiger partial charge in [-0.05, 0) is 60.7 Å². The van der Waals surface area contributed by atoms with E-state index in [0.717, 1.165) is 36.0 Å². The Bertz CT molecular complexity index is 1280. The molecule has 0 fully saturated rings. The number of aliphatic hydroxyl groups excluding tert-OH is 1. The highest BCUT2D eigenvalue weighted by atomic mass is 16.5. The number of nitrogens with zero attached hydrogens (tertiary/aromatic N) is 2. The minimum Gasteiger partial charge on any atom is -0.491 e. The first-order valence-corrected chi connectivity index (χ1v) is 11.7. The van der Waals surface area contributed by atoms with Crippen molar-refractivity contribution in [2.45, 2.75) is 38.5 Å². The Morgan fingerprint density at radius 1 is 0.912 bits per heavy atom. The third-order valence-electron chi connectivity index (χ3n) is 6.38. The lowest BCUT2D eigenvalue weighted by Gasteiger charge is -2.15. The molecule has 6 heteroatoms. The van der Waals surface area contributed by atoms with Crippen molar-refractivity contribution in [3.05, 3.63) is 100.0 Å². The zero-order valence-corrected chi connectivity index (χ0v) is 20.1. The molecule has 34 heavy (non-hydrogen) atoms. The number of aromatic nitrogens is 2. The van der Waals surface area contributed by atoms with E-state index in [1.54, 1.807) is 23.2 Å². The SMILES string of the molecule is C[C@@H](CCc1ccccc1)NCc1ccc(OC[C@@H](O)c2ccc3c(c2)n(C)c(=O)n3C)cc1. The maximum atomic E-state index is 12.1. The molecule has 2 N–H and O–H groups in total. The number of aryl methyl sites for hydroxylation is 3. The van der Waals surface area contributed by atoms with Crippen molar-refractivity contribution in [2.24, 2.45) is 14.1 Å². The van der Waals surface area contributed by atoms with E-state index in [1.807, 2.05) is 48.5 Å². The third kappa shape index (κ3) is 5.58. The van der Waals surface area contributed by atoms with Gasteiger partial charge in [0, 0.05) is 26.7 Å². The Morgan fingerprint density at radius 2 is 1.62 bits per heavy atom. The molecule has 0 amide bonds. The van der Waals surface area contributed by atoms with E-state index < -0.39 is 6.10 Å². The van der Waals surface area contributed by atoms with Crippen molar-refractivity contribution in [3.8, 4) is 5.75 Å². The summed E-state index contributed by atoms with van der Waals surface area (Å²) in [5, 5.41) is 14.2. The van der Waals surface area contributed by atoms with E-state index in [-0.39, 0.29) is 12.3 Å². The fraction of sp³-hybridized carbons (Fsp3) is 0.321. The molecular weight excluding hydrogens is 426 g/mol. The number of imidazole rings is 1. The summed E-state index contributed by atoms with van der Waals surface area (Å²) >= 11 is 0. The fourth-order valence-electron chi connectivity index (χ4n) is 4.13. The maximum Gasteiger partial charge on any atom is 0.328 e. The Morgan fingerprint density at radius 3 is 2.35 bits per heavy atom. The van der Waals surface area contributed by atoms with Gasteiger partial charge in [0.2, 0.25) is 0 Å². The van der Waals surface area contributed by atoms with Gasteiger partial charge < -0.3 is 15.2 Å². The summed E-state index contributed by atoms with van der Waals surface area (Å²) in [7, 11) is 3.48. The zero-order chi connectivity index (χ0) is 24.1. The second-order valence-corrected chi connectivity index (χ2v) is 8.93. The summed E-state index contributed by atoms with van der Waals surface area (Å²) in [5.74, 6) is 0.716. The quantitative estimate of drug-likeness (QED) is 0.375. The standard InChI is InChI=1S/C28H33N3O3/c1-20(9-10-21-7-5-4-6-8-21)29-18-22-11-14-24(15-12-22)34-19-27(32)23-13-16-25-26(17-23)31(3)28(33)30(25)2/h4-8,11-17,20,27,29,32H,9-10,18-19H2,1-3H3/t20-,27+/m0/s1. The van der Waals surface area contributed by atoms with Crippen LogP contribution in [0.5, 0.6) is 5.75 Å². The zero-order valence-electron chi connectivity index (χ0n) is 20.1. The van der Waals surface area contributed by atoms with Gasteiger partial charge in [0.05, 0.1) is 11.0 Å². The molecular formula is C28H33N3O3. The molecule has 0 aliphatic heterocycles. The molecule has 3 aromatic carbocycles. The van der Waals surface area contributed by atoms with Gasteiger partial charge in [-0.3, -0.25) is 9.13 Å². The van der Waals surface area contributed by atoms with Crippen LogP contribution in [0.3, 0.4) is 0 Å². The smallest absolute Gasteiger partial charge is 0.328 e. The average molecular weight is 460 g/mol. The predicted octanol–water partition coefficient (Wildman–Crippen LogP) is 4.10. The lowest BCUT2D eigenvalue weighted by Crippen LogP contribution is -2.25. The normalized spacial score (nSPS) is 13.2. The first-order chi connectivity index (χ1) is 16.4. The first-order valence-electron chi connectivity index (χ1n) is 11.7. The molecule has 0 saturated heterocycles. The van der Waals surface area contributed by atoms with E-state index in [9.17, 15) is 9.90 Å². The van der Waals surface area contributed by atoms with Gasteiger partial charge in [-0.25, -0.2) is 4.79 Å². The summed E-state index contributed by atoms with van der Waals surface area (Å²) in [5.41, 5.74) is 4.82. The van der Waals surface area contributed by atoms with Crippen molar-refractivity contribution in [1.29, 1.82) is 0 Å². The van der Waals surface area contributed by atoms with Crippen LogP contribution in [0.2, 0.25) is 0 Å². The molecule has 178 valence electrons. The van der Waals surface area contributed by atoms with Crippen molar-refractivity contribution in [3.63, 3.8) is 0 Å². The van der Waals surface area contributed by atoms with E-state index in [2.05, 4.69) is 36.5 Å². The fourth-order valence-corrected chi connectivity index (χ4v) is 4.13. The van der Waals surface area contributed by atoms with Crippen molar-refractivity contribution >= 4 is 11.0 Å². The molecule has 1 heterocycles. The Kier molecular flexibility index (Phi) is 7.50. The minimum atomic E-state index is -0.786. The van der Waals surface area contributed by atoms with Crippen LogP contribution in [0.15, 0.2) is 77.6 Å². The van der Waals surface area contributed by atoms with Crippen molar-refractivity contribution in [2.75, 3.05) is 6.61 Å². The summed E-state index contributed by atoms with van der Waals surface area (Å²) in [6.07, 6.45) is 1.37. The summed E-state index contributed by atoms with van der Waals surface area (Å²) in [6.45, 7) is 3.15. The molecule has 0 aliphatic rings. The maximum absolute atomic E-state index is 12.1. The van der Waals surface area contributed by atoms with Crippen LogP contribution >= 0.6 is 0 Å². The van der Waals surface area contributed by atoms with E-state index >= 15 is 0 Å². The summed E-state index contributed by atoms with van der Waals surface area (Å²) in [4.78, 5) is 12.1.